The topological polar surface area (TPSA) is 55.6 Å². The van der Waals surface area contributed by atoms with E-state index in [9.17, 15) is 4.79 Å². The van der Waals surface area contributed by atoms with E-state index in [4.69, 9.17) is 10.5 Å². The van der Waals surface area contributed by atoms with Gasteiger partial charge in [0, 0.05) is 31.5 Å². The first-order valence-electron chi connectivity index (χ1n) is 6.71. The summed E-state index contributed by atoms with van der Waals surface area (Å²) in [5.41, 5.74) is 9.32. The zero-order valence-electron chi connectivity index (χ0n) is 11.9. The van der Waals surface area contributed by atoms with Crippen LogP contribution in [0.3, 0.4) is 0 Å². The van der Waals surface area contributed by atoms with Crippen LogP contribution in [0.25, 0.3) is 0 Å². The number of hydrogen-bond donors (Lipinski definition) is 1. The van der Waals surface area contributed by atoms with Crippen molar-refractivity contribution in [3.8, 4) is 0 Å². The third-order valence-corrected chi connectivity index (χ3v) is 3.91. The molecule has 1 aromatic carbocycles. The number of nitrogens with zero attached hydrogens (tertiary/aromatic N) is 1. The quantitative estimate of drug-likeness (QED) is 0.831. The first-order valence-corrected chi connectivity index (χ1v) is 6.71. The highest BCUT2D eigenvalue weighted by Gasteiger charge is 2.24. The highest BCUT2D eigenvalue weighted by molar-refractivity contribution is 5.96. The van der Waals surface area contributed by atoms with Crippen molar-refractivity contribution in [2.24, 2.45) is 0 Å². The van der Waals surface area contributed by atoms with E-state index in [1.807, 2.05) is 24.8 Å². The number of nitrogen functional groups attached to an aromatic ring is 1. The van der Waals surface area contributed by atoms with Crippen molar-refractivity contribution in [1.29, 1.82) is 0 Å². The van der Waals surface area contributed by atoms with Gasteiger partial charge in [-0.25, -0.2) is 0 Å². The fraction of sp³-hybridized carbons (Fsp3) is 0.533. The molecule has 1 aliphatic heterocycles. The van der Waals surface area contributed by atoms with Gasteiger partial charge in [-0.15, -0.1) is 0 Å². The minimum Gasteiger partial charge on any atom is -0.398 e. The maximum atomic E-state index is 12.5. The van der Waals surface area contributed by atoms with Gasteiger partial charge in [0.25, 0.3) is 5.91 Å². The third kappa shape index (κ3) is 2.89. The number of likely N-dealkylation sites (tertiary alicyclic amines) is 1. The summed E-state index contributed by atoms with van der Waals surface area (Å²) in [5.74, 6) is 0.0822. The molecule has 1 aromatic rings. The molecular formula is C15H22N2O2. The normalized spacial score (nSPS) is 16.7. The molecule has 0 atom stereocenters. The van der Waals surface area contributed by atoms with Gasteiger partial charge in [-0.05, 0) is 43.9 Å². The van der Waals surface area contributed by atoms with Gasteiger partial charge in [0.15, 0.2) is 0 Å². The summed E-state index contributed by atoms with van der Waals surface area (Å²) in [7, 11) is 1.73. The Hall–Kier alpha value is -1.55. The summed E-state index contributed by atoms with van der Waals surface area (Å²) in [5, 5.41) is 0. The van der Waals surface area contributed by atoms with E-state index in [-0.39, 0.29) is 12.0 Å². The second kappa shape index (κ2) is 5.61. The minimum absolute atomic E-state index is 0.0822. The number of methoxy groups -OCH3 is 1. The van der Waals surface area contributed by atoms with E-state index >= 15 is 0 Å². The summed E-state index contributed by atoms with van der Waals surface area (Å²) >= 11 is 0. The van der Waals surface area contributed by atoms with Crippen LogP contribution in [-0.2, 0) is 4.74 Å². The fourth-order valence-electron chi connectivity index (χ4n) is 2.56. The molecule has 1 saturated heterocycles. The van der Waals surface area contributed by atoms with Crippen molar-refractivity contribution >= 4 is 11.6 Å². The second-order valence-electron chi connectivity index (χ2n) is 5.25. The lowest BCUT2D eigenvalue weighted by Gasteiger charge is -2.31. The lowest BCUT2D eigenvalue weighted by molar-refractivity contribution is 0.0350. The van der Waals surface area contributed by atoms with E-state index in [0.29, 0.717) is 5.69 Å². The average molecular weight is 262 g/mol. The van der Waals surface area contributed by atoms with Crippen molar-refractivity contribution in [2.75, 3.05) is 25.9 Å². The van der Waals surface area contributed by atoms with Gasteiger partial charge in [-0.2, -0.15) is 0 Å². The Morgan fingerprint density at radius 2 is 1.89 bits per heavy atom. The molecule has 4 heteroatoms. The molecule has 0 bridgehead atoms. The van der Waals surface area contributed by atoms with Crippen LogP contribution in [-0.4, -0.2) is 37.1 Å². The Morgan fingerprint density at radius 3 is 2.47 bits per heavy atom. The zero-order chi connectivity index (χ0) is 14.0. The van der Waals surface area contributed by atoms with Crippen LogP contribution in [0.2, 0.25) is 0 Å². The number of hydrogen-bond acceptors (Lipinski definition) is 3. The lowest BCUT2D eigenvalue weighted by Crippen LogP contribution is -2.40. The molecule has 104 valence electrons. The number of benzene rings is 1. The number of aryl methyl sites for hydroxylation is 2. The maximum Gasteiger partial charge on any atom is 0.254 e. The van der Waals surface area contributed by atoms with Gasteiger partial charge in [0.2, 0.25) is 0 Å². The van der Waals surface area contributed by atoms with Gasteiger partial charge in [0.1, 0.15) is 0 Å². The lowest BCUT2D eigenvalue weighted by atomic mass is 10.0. The molecule has 0 aliphatic carbocycles. The SMILES string of the molecule is COC1CCN(C(=O)c2cc(N)c(C)cc2C)CC1. The molecular weight excluding hydrogens is 240 g/mol. The largest absolute Gasteiger partial charge is 0.398 e. The number of carbonyl (C=O) groups is 1. The van der Waals surface area contributed by atoms with Crippen LogP contribution in [0.4, 0.5) is 5.69 Å². The maximum absolute atomic E-state index is 12.5. The van der Waals surface area contributed by atoms with Gasteiger partial charge in [-0.3, -0.25) is 4.79 Å². The molecule has 0 aromatic heterocycles. The minimum atomic E-state index is 0.0822. The van der Waals surface area contributed by atoms with Crippen molar-refractivity contribution in [3.63, 3.8) is 0 Å². The standard InChI is InChI=1S/C15H22N2O2/c1-10-8-11(2)14(16)9-13(10)15(18)17-6-4-12(19-3)5-7-17/h8-9,12H,4-7,16H2,1-3H3. The molecule has 2 rings (SSSR count). The first-order chi connectivity index (χ1) is 9.02. The molecule has 0 unspecified atom stereocenters. The van der Waals surface area contributed by atoms with E-state index in [2.05, 4.69) is 0 Å². The molecule has 1 fully saturated rings. The third-order valence-electron chi connectivity index (χ3n) is 3.91. The van der Waals surface area contributed by atoms with E-state index in [1.54, 1.807) is 13.2 Å². The predicted molar refractivity (Wildman–Crippen MR) is 76.3 cm³/mol. The van der Waals surface area contributed by atoms with Gasteiger partial charge >= 0.3 is 0 Å². The highest BCUT2D eigenvalue weighted by atomic mass is 16.5. The number of piperidine rings is 1. The number of anilines is 1. The summed E-state index contributed by atoms with van der Waals surface area (Å²) in [6.07, 6.45) is 2.10. The Kier molecular flexibility index (Phi) is 4.10. The smallest absolute Gasteiger partial charge is 0.254 e. The van der Waals surface area contributed by atoms with E-state index in [1.165, 1.54) is 0 Å². The van der Waals surface area contributed by atoms with Crippen molar-refractivity contribution in [2.45, 2.75) is 32.8 Å². The molecule has 1 heterocycles. The van der Waals surface area contributed by atoms with Crippen LogP contribution in [0.5, 0.6) is 0 Å². The molecule has 2 N–H and O–H groups in total. The number of carbonyl (C=O) groups excluding carboxylic acids is 1. The van der Waals surface area contributed by atoms with Gasteiger partial charge in [-0.1, -0.05) is 6.07 Å². The van der Waals surface area contributed by atoms with E-state index < -0.39 is 0 Å². The molecule has 1 amide bonds. The number of rotatable bonds is 2. The van der Waals surface area contributed by atoms with Crippen LogP contribution < -0.4 is 5.73 Å². The Bertz CT molecular complexity index is 477. The van der Waals surface area contributed by atoms with Gasteiger partial charge < -0.3 is 15.4 Å². The first kappa shape index (κ1) is 13.9. The van der Waals surface area contributed by atoms with Crippen molar-refractivity contribution in [3.05, 3.63) is 28.8 Å². The Labute approximate surface area is 114 Å². The summed E-state index contributed by atoms with van der Waals surface area (Å²) in [6, 6.07) is 3.78. The summed E-state index contributed by atoms with van der Waals surface area (Å²) in [4.78, 5) is 14.4. The zero-order valence-corrected chi connectivity index (χ0v) is 11.9. The number of ether oxygens (including phenoxy) is 1. The average Bonchev–Trinajstić information content (AvgIpc) is 2.42. The van der Waals surface area contributed by atoms with Crippen molar-refractivity contribution in [1.82, 2.24) is 4.90 Å². The molecule has 4 nitrogen and oxygen atoms in total. The van der Waals surface area contributed by atoms with Crippen LogP contribution in [0.15, 0.2) is 12.1 Å². The van der Waals surface area contributed by atoms with Gasteiger partial charge in [0.05, 0.1) is 6.10 Å². The highest BCUT2D eigenvalue weighted by Crippen LogP contribution is 2.21. The monoisotopic (exact) mass is 262 g/mol. The van der Waals surface area contributed by atoms with Crippen LogP contribution in [0, 0.1) is 13.8 Å². The predicted octanol–water partition coefficient (Wildman–Crippen LogP) is 2.14. The Morgan fingerprint density at radius 1 is 1.26 bits per heavy atom. The summed E-state index contributed by atoms with van der Waals surface area (Å²) < 4.78 is 5.33. The van der Waals surface area contributed by atoms with Crippen molar-refractivity contribution < 1.29 is 9.53 Å². The Balaban J connectivity index is 2.14. The molecule has 1 aliphatic rings. The van der Waals surface area contributed by atoms with E-state index in [0.717, 1.165) is 42.6 Å². The van der Waals surface area contributed by atoms with Crippen LogP contribution in [0.1, 0.15) is 34.3 Å². The van der Waals surface area contributed by atoms with Crippen LogP contribution >= 0.6 is 0 Å². The second-order valence-corrected chi connectivity index (χ2v) is 5.25. The molecule has 0 spiro atoms. The molecule has 19 heavy (non-hydrogen) atoms. The fourth-order valence-corrected chi connectivity index (χ4v) is 2.56. The molecule has 0 radical (unpaired) electrons. The number of nitrogens with two attached hydrogens (primary N) is 1. The molecule has 0 saturated carbocycles. The number of amides is 1. The summed E-state index contributed by atoms with van der Waals surface area (Å²) in [6.45, 7) is 5.43.